The Balaban J connectivity index is 4.99. The van der Waals surface area contributed by atoms with E-state index in [1.807, 2.05) is 20.8 Å². The summed E-state index contributed by atoms with van der Waals surface area (Å²) in [5, 5.41) is 0. The van der Waals surface area contributed by atoms with E-state index in [9.17, 15) is 0 Å². The Bertz CT molecular complexity index is 290. The van der Waals surface area contributed by atoms with Crippen molar-refractivity contribution in [2.24, 2.45) is 0 Å². The summed E-state index contributed by atoms with van der Waals surface area (Å²) in [5.74, 6) is 0. The van der Waals surface area contributed by atoms with Crippen LogP contribution in [-0.4, -0.2) is 54.5 Å². The summed E-state index contributed by atoms with van der Waals surface area (Å²) >= 11 is 0. The van der Waals surface area contributed by atoms with E-state index in [1.54, 1.807) is 0 Å². The van der Waals surface area contributed by atoms with E-state index in [1.165, 1.54) is 44.1 Å². The number of nitrogens with zero attached hydrogens (tertiary/aromatic N) is 1. The molecule has 25 heavy (non-hydrogen) atoms. The van der Waals surface area contributed by atoms with Crippen LogP contribution in [0.25, 0.3) is 0 Å². The van der Waals surface area contributed by atoms with Crippen LogP contribution in [-0.2, 0) is 13.3 Å². The average molecular weight is 392 g/mol. The normalized spacial score (nSPS) is 13.0. The van der Waals surface area contributed by atoms with E-state index in [-0.39, 0.29) is 0 Å². The summed E-state index contributed by atoms with van der Waals surface area (Å²) in [6.07, 6.45) is 3.69. The van der Waals surface area contributed by atoms with Gasteiger partial charge >= 0.3 is 8.80 Å². The second-order valence-electron chi connectivity index (χ2n) is 6.71. The van der Waals surface area contributed by atoms with Gasteiger partial charge in [0.15, 0.2) is 0 Å². The molecule has 0 aliphatic heterocycles. The molecule has 0 aromatic carbocycles. The predicted molar refractivity (Wildman–Crippen MR) is 114 cm³/mol. The standard InChI is InChI=1S/C19H45NO3Si2/c1-8-15-17-20(24(12-5,13-6)14-7)18-16-19-25(21-9-2,22-10-3)23-11-4/h8-19H2,1-7H3. The van der Waals surface area contributed by atoms with Gasteiger partial charge in [0, 0.05) is 25.9 Å². The molecular weight excluding hydrogens is 346 g/mol. The topological polar surface area (TPSA) is 30.9 Å². The highest BCUT2D eigenvalue weighted by Crippen LogP contribution is 2.27. The number of rotatable bonds is 17. The lowest BCUT2D eigenvalue weighted by molar-refractivity contribution is 0.0704. The summed E-state index contributed by atoms with van der Waals surface area (Å²) in [4.78, 5) is 0. The number of hydrogen-bond acceptors (Lipinski definition) is 4. The minimum absolute atomic E-state index is 0.670. The Labute approximate surface area is 160 Å². The fourth-order valence-corrected chi connectivity index (χ4v) is 10.5. The molecule has 0 fully saturated rings. The first-order valence-corrected chi connectivity index (χ1v) is 15.2. The smallest absolute Gasteiger partial charge is 0.374 e. The lowest BCUT2D eigenvalue weighted by Gasteiger charge is -2.41. The summed E-state index contributed by atoms with van der Waals surface area (Å²) in [5.41, 5.74) is 0. The summed E-state index contributed by atoms with van der Waals surface area (Å²) in [6, 6.07) is 5.00. The molecule has 0 amide bonds. The van der Waals surface area contributed by atoms with Gasteiger partial charge in [-0.3, -0.25) is 0 Å². The molecule has 0 spiro atoms. The van der Waals surface area contributed by atoms with Crippen molar-refractivity contribution in [3.8, 4) is 0 Å². The van der Waals surface area contributed by atoms with Crippen molar-refractivity contribution in [3.63, 3.8) is 0 Å². The minimum Gasteiger partial charge on any atom is -0.374 e. The molecule has 0 aromatic heterocycles. The molecule has 0 N–H and O–H groups in total. The molecule has 0 saturated heterocycles. The van der Waals surface area contributed by atoms with Gasteiger partial charge in [-0.2, -0.15) is 0 Å². The van der Waals surface area contributed by atoms with Crippen molar-refractivity contribution in [3.05, 3.63) is 0 Å². The van der Waals surface area contributed by atoms with Gasteiger partial charge < -0.3 is 17.8 Å². The van der Waals surface area contributed by atoms with Gasteiger partial charge in [0.05, 0.1) is 0 Å². The van der Waals surface area contributed by atoms with Crippen molar-refractivity contribution in [2.75, 3.05) is 32.9 Å². The van der Waals surface area contributed by atoms with Crippen LogP contribution in [0.3, 0.4) is 0 Å². The van der Waals surface area contributed by atoms with Crippen LogP contribution in [0.2, 0.25) is 24.2 Å². The molecule has 0 atom stereocenters. The van der Waals surface area contributed by atoms with Crippen molar-refractivity contribution in [2.45, 2.75) is 91.9 Å². The Hall–Kier alpha value is 0.274. The molecule has 0 bridgehead atoms. The van der Waals surface area contributed by atoms with Crippen LogP contribution >= 0.6 is 0 Å². The molecule has 0 radical (unpaired) electrons. The Morgan fingerprint density at radius 3 is 1.44 bits per heavy atom. The molecule has 0 aliphatic carbocycles. The van der Waals surface area contributed by atoms with Crippen LogP contribution in [0.15, 0.2) is 0 Å². The van der Waals surface area contributed by atoms with E-state index in [0.29, 0.717) is 19.8 Å². The highest BCUT2D eigenvalue weighted by atomic mass is 28.4. The molecule has 152 valence electrons. The van der Waals surface area contributed by atoms with Crippen molar-refractivity contribution >= 4 is 17.0 Å². The van der Waals surface area contributed by atoms with E-state index >= 15 is 0 Å². The van der Waals surface area contributed by atoms with Gasteiger partial charge in [-0.25, -0.2) is 0 Å². The van der Waals surface area contributed by atoms with Crippen LogP contribution in [0, 0.1) is 0 Å². The minimum atomic E-state index is -2.49. The summed E-state index contributed by atoms with van der Waals surface area (Å²) < 4.78 is 21.0. The lowest BCUT2D eigenvalue weighted by Crippen LogP contribution is -2.53. The highest BCUT2D eigenvalue weighted by Gasteiger charge is 2.41. The first kappa shape index (κ1) is 25.3. The predicted octanol–water partition coefficient (Wildman–Crippen LogP) is 5.53. The average Bonchev–Trinajstić information content (AvgIpc) is 2.61. The van der Waals surface area contributed by atoms with Crippen LogP contribution in [0.1, 0.15) is 67.7 Å². The third-order valence-corrected chi connectivity index (χ3v) is 14.3. The monoisotopic (exact) mass is 391 g/mol. The second kappa shape index (κ2) is 14.3. The maximum absolute atomic E-state index is 6.03. The molecule has 4 nitrogen and oxygen atoms in total. The number of hydrogen-bond donors (Lipinski definition) is 0. The van der Waals surface area contributed by atoms with Crippen LogP contribution < -0.4 is 0 Å². The summed E-state index contributed by atoms with van der Waals surface area (Å²) in [7, 11) is -3.80. The highest BCUT2D eigenvalue weighted by molar-refractivity contribution is 6.77. The summed E-state index contributed by atoms with van der Waals surface area (Å²) in [6.45, 7) is 20.0. The molecule has 0 aliphatic rings. The van der Waals surface area contributed by atoms with Crippen molar-refractivity contribution in [1.82, 2.24) is 4.57 Å². The number of unbranched alkanes of at least 4 members (excludes halogenated alkanes) is 1. The van der Waals surface area contributed by atoms with Crippen molar-refractivity contribution in [1.29, 1.82) is 0 Å². The van der Waals surface area contributed by atoms with Crippen LogP contribution in [0.5, 0.6) is 0 Å². The molecule has 6 heteroatoms. The quantitative estimate of drug-likeness (QED) is 0.305. The zero-order valence-electron chi connectivity index (χ0n) is 18.2. The van der Waals surface area contributed by atoms with E-state index < -0.39 is 17.0 Å². The Morgan fingerprint density at radius 2 is 1.08 bits per heavy atom. The fourth-order valence-electron chi connectivity index (χ4n) is 3.84. The van der Waals surface area contributed by atoms with Gasteiger partial charge in [0.25, 0.3) is 0 Å². The second-order valence-corrected chi connectivity index (χ2v) is 14.6. The molecule has 0 unspecified atom stereocenters. The third kappa shape index (κ3) is 8.22. The molecular formula is C19H45NO3Si2. The third-order valence-electron chi connectivity index (χ3n) is 5.43. The van der Waals surface area contributed by atoms with Gasteiger partial charge in [0.2, 0.25) is 0 Å². The maximum Gasteiger partial charge on any atom is 0.500 e. The first-order valence-electron chi connectivity index (χ1n) is 10.7. The molecule has 0 aromatic rings. The van der Waals surface area contributed by atoms with Gasteiger partial charge in [0.1, 0.15) is 8.24 Å². The Kier molecular flexibility index (Phi) is 14.5. The van der Waals surface area contributed by atoms with E-state index in [2.05, 4.69) is 32.3 Å². The zero-order valence-corrected chi connectivity index (χ0v) is 20.2. The molecule has 0 saturated carbocycles. The molecule has 0 rings (SSSR count). The van der Waals surface area contributed by atoms with Gasteiger partial charge in [-0.1, -0.05) is 34.1 Å². The lowest BCUT2D eigenvalue weighted by atomic mass is 10.3. The van der Waals surface area contributed by atoms with Crippen molar-refractivity contribution < 1.29 is 13.3 Å². The van der Waals surface area contributed by atoms with E-state index in [0.717, 1.165) is 12.5 Å². The van der Waals surface area contributed by atoms with Gasteiger partial charge in [-0.15, -0.1) is 0 Å². The molecule has 0 heterocycles. The van der Waals surface area contributed by atoms with Gasteiger partial charge in [-0.05, 0) is 64.8 Å². The first-order chi connectivity index (χ1) is 12.0. The van der Waals surface area contributed by atoms with E-state index in [4.69, 9.17) is 13.3 Å². The Morgan fingerprint density at radius 1 is 0.640 bits per heavy atom. The largest absolute Gasteiger partial charge is 0.500 e. The van der Waals surface area contributed by atoms with Crippen LogP contribution in [0.4, 0.5) is 0 Å². The maximum atomic E-state index is 6.03. The zero-order chi connectivity index (χ0) is 19.2. The fraction of sp³-hybridized carbons (Fsp3) is 1.00. The SMILES string of the molecule is CCCCN(CCC[Si](OCC)(OCC)OCC)[Si](CC)(CC)CC.